The number of hydrogen-bond donors (Lipinski definition) is 1. The van der Waals surface area contributed by atoms with E-state index in [9.17, 15) is 14.7 Å². The molecule has 2 atom stereocenters. The minimum atomic E-state index is -1.02. The highest BCUT2D eigenvalue weighted by Crippen LogP contribution is 2.37. The largest absolute Gasteiger partial charge is 0.508 e. The van der Waals surface area contributed by atoms with E-state index in [0.717, 1.165) is 12.8 Å². The number of rotatable bonds is 9. The van der Waals surface area contributed by atoms with Crippen molar-refractivity contribution in [3.05, 3.63) is 0 Å². The second-order valence-corrected chi connectivity index (χ2v) is 4.64. The first kappa shape index (κ1) is 17.7. The summed E-state index contributed by atoms with van der Waals surface area (Å²) in [4.78, 5) is 23.1. The van der Waals surface area contributed by atoms with E-state index < -0.39 is 23.6 Å². The van der Waals surface area contributed by atoms with Crippen LogP contribution in [0.15, 0.2) is 0 Å². The molecule has 0 heterocycles. The Morgan fingerprint density at radius 3 is 2.16 bits per heavy atom. The smallest absolute Gasteiger partial charge is 0.481 e. The Balaban J connectivity index is 5.14. The van der Waals surface area contributed by atoms with E-state index in [0.29, 0.717) is 19.3 Å². The predicted octanol–water partition coefficient (Wildman–Crippen LogP) is 3.61. The van der Waals surface area contributed by atoms with Crippen LogP contribution in [0.3, 0.4) is 0 Å². The monoisotopic (exact) mass is 274 g/mol. The molecule has 0 aromatic rings. The molecule has 0 aliphatic carbocycles. The molecule has 0 saturated carbocycles. The summed E-state index contributed by atoms with van der Waals surface area (Å²) in [5.74, 6) is -0.903. The fourth-order valence-electron chi connectivity index (χ4n) is 2.39. The van der Waals surface area contributed by atoms with Gasteiger partial charge in [-0.2, -0.15) is 0 Å². The Labute approximate surface area is 115 Å². The van der Waals surface area contributed by atoms with Crippen LogP contribution in [0.25, 0.3) is 0 Å². The fourth-order valence-corrected chi connectivity index (χ4v) is 2.39. The molecule has 0 amide bonds. The van der Waals surface area contributed by atoms with Crippen molar-refractivity contribution in [2.75, 3.05) is 6.61 Å². The van der Waals surface area contributed by atoms with Gasteiger partial charge >= 0.3 is 12.1 Å². The van der Waals surface area contributed by atoms with Crippen molar-refractivity contribution in [2.24, 2.45) is 5.41 Å². The first-order valence-corrected chi connectivity index (χ1v) is 7.05. The minimum absolute atomic E-state index is 0.220. The van der Waals surface area contributed by atoms with E-state index in [2.05, 4.69) is 0 Å². The van der Waals surface area contributed by atoms with Gasteiger partial charge in [0.1, 0.15) is 11.5 Å². The Hall–Kier alpha value is -1.26. The van der Waals surface area contributed by atoms with E-state index >= 15 is 0 Å². The Bertz CT molecular complexity index is 290. The Morgan fingerprint density at radius 1 is 1.16 bits per heavy atom. The molecular formula is C14H26O5. The van der Waals surface area contributed by atoms with Gasteiger partial charge in [0.2, 0.25) is 0 Å². The molecule has 0 rings (SSSR count). The Morgan fingerprint density at radius 2 is 1.79 bits per heavy atom. The molecule has 1 N–H and O–H groups in total. The van der Waals surface area contributed by atoms with Gasteiger partial charge in [-0.25, -0.2) is 4.79 Å². The second kappa shape index (κ2) is 8.77. The van der Waals surface area contributed by atoms with Crippen LogP contribution in [0.4, 0.5) is 4.79 Å². The lowest BCUT2D eigenvalue weighted by Crippen LogP contribution is -2.44. The molecule has 2 unspecified atom stereocenters. The molecule has 0 spiro atoms. The maximum absolute atomic E-state index is 11.7. The maximum atomic E-state index is 11.7. The van der Waals surface area contributed by atoms with Crippen LogP contribution in [0.2, 0.25) is 0 Å². The lowest BCUT2D eigenvalue weighted by atomic mass is 9.74. The molecule has 0 fully saturated rings. The maximum Gasteiger partial charge on any atom is 0.508 e. The van der Waals surface area contributed by atoms with Gasteiger partial charge < -0.3 is 14.6 Å². The normalized spacial score (nSPS) is 15.4. The molecule has 0 aromatic carbocycles. The molecule has 112 valence electrons. The van der Waals surface area contributed by atoms with Gasteiger partial charge in [-0.05, 0) is 26.2 Å². The van der Waals surface area contributed by atoms with Gasteiger partial charge in [-0.1, -0.05) is 33.6 Å². The molecule has 0 bridgehead atoms. The summed E-state index contributed by atoms with van der Waals surface area (Å²) in [5, 5.41) is 9.56. The number of aliphatic carboxylic acids is 1. The number of carbonyl (C=O) groups excluding carboxylic acids is 1. The molecule has 0 aliphatic rings. The van der Waals surface area contributed by atoms with Crippen molar-refractivity contribution in [3.63, 3.8) is 0 Å². The molecule has 0 aromatic heterocycles. The van der Waals surface area contributed by atoms with Gasteiger partial charge in [0.15, 0.2) is 0 Å². The molecule has 0 saturated heterocycles. The van der Waals surface area contributed by atoms with Crippen molar-refractivity contribution in [1.82, 2.24) is 0 Å². The number of hydrogen-bond acceptors (Lipinski definition) is 4. The highest BCUT2D eigenvalue weighted by atomic mass is 16.7. The molecule has 0 aliphatic heterocycles. The van der Waals surface area contributed by atoms with E-state index in [-0.39, 0.29) is 6.61 Å². The van der Waals surface area contributed by atoms with E-state index in [1.54, 1.807) is 6.92 Å². The first-order chi connectivity index (χ1) is 8.98. The van der Waals surface area contributed by atoms with Crippen molar-refractivity contribution >= 4 is 12.1 Å². The highest BCUT2D eigenvalue weighted by molar-refractivity contribution is 5.76. The lowest BCUT2D eigenvalue weighted by molar-refractivity contribution is -0.159. The number of ether oxygens (including phenoxy) is 2. The standard InChI is InChI=1S/C14H26O5/c1-5-9-11(19-13(17)18-8-4)14(7-3,10-6-2)12(15)16/h11H,5-10H2,1-4H3,(H,15,16). The third-order valence-electron chi connectivity index (χ3n) is 3.42. The van der Waals surface area contributed by atoms with Crippen molar-refractivity contribution in [2.45, 2.75) is 65.9 Å². The summed E-state index contributed by atoms with van der Waals surface area (Å²) in [7, 11) is 0. The van der Waals surface area contributed by atoms with Crippen LogP contribution in [0.1, 0.15) is 59.8 Å². The zero-order chi connectivity index (χ0) is 14.9. The van der Waals surface area contributed by atoms with Gasteiger partial charge in [0.05, 0.1) is 6.61 Å². The molecule has 5 nitrogen and oxygen atoms in total. The van der Waals surface area contributed by atoms with Crippen LogP contribution in [0, 0.1) is 5.41 Å². The molecule has 0 radical (unpaired) electrons. The minimum Gasteiger partial charge on any atom is -0.481 e. The lowest BCUT2D eigenvalue weighted by Gasteiger charge is -2.35. The van der Waals surface area contributed by atoms with E-state index in [1.807, 2.05) is 20.8 Å². The van der Waals surface area contributed by atoms with Gasteiger partial charge in [0, 0.05) is 0 Å². The first-order valence-electron chi connectivity index (χ1n) is 7.05. The number of carbonyl (C=O) groups is 2. The average molecular weight is 274 g/mol. The summed E-state index contributed by atoms with van der Waals surface area (Å²) >= 11 is 0. The van der Waals surface area contributed by atoms with Crippen LogP contribution >= 0.6 is 0 Å². The number of carboxylic acid groups (broad SMARTS) is 1. The summed E-state index contributed by atoms with van der Waals surface area (Å²) in [5.41, 5.74) is -1.02. The van der Waals surface area contributed by atoms with Crippen molar-refractivity contribution in [3.8, 4) is 0 Å². The van der Waals surface area contributed by atoms with E-state index in [4.69, 9.17) is 9.47 Å². The summed E-state index contributed by atoms with van der Waals surface area (Å²) in [6.45, 7) is 7.60. The van der Waals surface area contributed by atoms with Gasteiger partial charge in [0.25, 0.3) is 0 Å². The predicted molar refractivity (Wildman–Crippen MR) is 72.1 cm³/mol. The van der Waals surface area contributed by atoms with Crippen LogP contribution in [-0.4, -0.2) is 29.9 Å². The second-order valence-electron chi connectivity index (χ2n) is 4.64. The molecule has 5 heteroatoms. The van der Waals surface area contributed by atoms with Crippen LogP contribution < -0.4 is 0 Å². The van der Waals surface area contributed by atoms with Crippen LogP contribution in [-0.2, 0) is 14.3 Å². The quantitative estimate of drug-likeness (QED) is 0.650. The van der Waals surface area contributed by atoms with Gasteiger partial charge in [-0.15, -0.1) is 0 Å². The SMILES string of the molecule is CCCC(OC(=O)OCC)C(CC)(CCC)C(=O)O. The number of carboxylic acids is 1. The summed E-state index contributed by atoms with van der Waals surface area (Å²) in [6.07, 6.45) is 1.51. The zero-order valence-corrected chi connectivity index (χ0v) is 12.4. The van der Waals surface area contributed by atoms with Crippen molar-refractivity contribution in [1.29, 1.82) is 0 Å². The van der Waals surface area contributed by atoms with E-state index in [1.165, 1.54) is 0 Å². The highest BCUT2D eigenvalue weighted by Gasteiger charge is 2.45. The fraction of sp³-hybridized carbons (Fsp3) is 0.857. The van der Waals surface area contributed by atoms with Crippen LogP contribution in [0.5, 0.6) is 0 Å². The van der Waals surface area contributed by atoms with Crippen molar-refractivity contribution < 1.29 is 24.2 Å². The Kier molecular flexibility index (Phi) is 8.19. The zero-order valence-electron chi connectivity index (χ0n) is 12.4. The summed E-state index contributed by atoms with van der Waals surface area (Å²) in [6, 6.07) is 0. The third-order valence-corrected chi connectivity index (χ3v) is 3.42. The van der Waals surface area contributed by atoms with Gasteiger partial charge in [-0.3, -0.25) is 4.79 Å². The molecule has 19 heavy (non-hydrogen) atoms. The topological polar surface area (TPSA) is 72.8 Å². The molecular weight excluding hydrogens is 248 g/mol. The third kappa shape index (κ3) is 4.73. The summed E-state index contributed by atoms with van der Waals surface area (Å²) < 4.78 is 10.0. The average Bonchev–Trinajstić information content (AvgIpc) is 2.35.